The molecule has 0 unspecified atom stereocenters. The van der Waals surface area contributed by atoms with Crippen molar-refractivity contribution in [1.82, 2.24) is 4.98 Å². The summed E-state index contributed by atoms with van der Waals surface area (Å²) >= 11 is 7.61. The molecule has 3 nitrogen and oxygen atoms in total. The molecule has 2 N–H and O–H groups in total. The lowest BCUT2D eigenvalue weighted by Gasteiger charge is -2.13. The van der Waals surface area contributed by atoms with Crippen molar-refractivity contribution in [2.24, 2.45) is 0 Å². The first-order valence-electron chi connectivity index (χ1n) is 5.99. The fraction of sp³-hybridized carbons (Fsp3) is 0.357. The Kier molecular flexibility index (Phi) is 4.11. The van der Waals surface area contributed by atoms with Crippen molar-refractivity contribution in [3.8, 4) is 0 Å². The lowest BCUT2D eigenvalue weighted by atomic mass is 9.94. The van der Waals surface area contributed by atoms with Crippen LogP contribution in [0.2, 0.25) is 5.02 Å². The minimum Gasteiger partial charge on any atom is -0.444 e. The van der Waals surface area contributed by atoms with E-state index in [1.54, 1.807) is 24.0 Å². The minimum atomic E-state index is -0.0135. The number of oxazole rings is 1. The molecule has 102 valence electrons. The highest BCUT2D eigenvalue weighted by atomic mass is 35.5. The maximum atomic E-state index is 5.98. The first-order chi connectivity index (χ1) is 8.86. The molecule has 5 heteroatoms. The van der Waals surface area contributed by atoms with Gasteiger partial charge in [0.05, 0.1) is 22.7 Å². The van der Waals surface area contributed by atoms with Gasteiger partial charge >= 0.3 is 0 Å². The van der Waals surface area contributed by atoms with Gasteiger partial charge in [0, 0.05) is 10.3 Å². The Morgan fingerprint density at radius 1 is 1.37 bits per heavy atom. The van der Waals surface area contributed by atoms with Crippen LogP contribution >= 0.6 is 23.4 Å². The van der Waals surface area contributed by atoms with Crippen molar-refractivity contribution in [3.05, 3.63) is 41.1 Å². The van der Waals surface area contributed by atoms with Crippen molar-refractivity contribution in [2.45, 2.75) is 36.8 Å². The number of nitrogens with zero attached hydrogens (tertiary/aromatic N) is 1. The number of hydrogen-bond acceptors (Lipinski definition) is 4. The molecule has 1 aromatic carbocycles. The summed E-state index contributed by atoms with van der Waals surface area (Å²) in [5.41, 5.74) is 6.26. The Balaban J connectivity index is 2.02. The van der Waals surface area contributed by atoms with Crippen molar-refractivity contribution >= 4 is 29.1 Å². The topological polar surface area (TPSA) is 52.0 Å². The average molecular weight is 297 g/mol. The number of nitrogen functional groups attached to an aromatic ring is 1. The Morgan fingerprint density at radius 3 is 2.68 bits per heavy atom. The van der Waals surface area contributed by atoms with Gasteiger partial charge in [0.2, 0.25) is 5.89 Å². The SMILES string of the molecule is CC(C)(C)c1cnc(CSc2ccc(N)c(Cl)c2)o1. The van der Waals surface area contributed by atoms with Crippen LogP contribution in [0.3, 0.4) is 0 Å². The quantitative estimate of drug-likeness (QED) is 0.669. The van der Waals surface area contributed by atoms with Gasteiger partial charge in [0.1, 0.15) is 5.76 Å². The summed E-state index contributed by atoms with van der Waals surface area (Å²) in [6, 6.07) is 5.61. The Hall–Kier alpha value is -1.13. The Morgan fingerprint density at radius 2 is 2.11 bits per heavy atom. The van der Waals surface area contributed by atoms with E-state index in [-0.39, 0.29) is 5.41 Å². The summed E-state index contributed by atoms with van der Waals surface area (Å²) in [6.07, 6.45) is 1.80. The molecule has 0 saturated carbocycles. The van der Waals surface area contributed by atoms with Gasteiger partial charge in [0.25, 0.3) is 0 Å². The van der Waals surface area contributed by atoms with Gasteiger partial charge in [-0.2, -0.15) is 0 Å². The summed E-state index contributed by atoms with van der Waals surface area (Å²) in [4.78, 5) is 5.34. The fourth-order valence-corrected chi connectivity index (χ4v) is 2.50. The third-order valence-corrected chi connectivity index (χ3v) is 3.93. The van der Waals surface area contributed by atoms with Crippen LogP contribution in [0.25, 0.3) is 0 Å². The summed E-state index contributed by atoms with van der Waals surface area (Å²) in [6.45, 7) is 6.30. The van der Waals surface area contributed by atoms with E-state index in [1.807, 2.05) is 12.1 Å². The highest BCUT2D eigenvalue weighted by molar-refractivity contribution is 7.98. The van der Waals surface area contributed by atoms with Crippen molar-refractivity contribution in [1.29, 1.82) is 0 Å². The van der Waals surface area contributed by atoms with E-state index in [1.165, 1.54) is 0 Å². The van der Waals surface area contributed by atoms with Gasteiger partial charge in [-0.25, -0.2) is 4.98 Å². The number of rotatable bonds is 3. The second-order valence-electron chi connectivity index (χ2n) is 5.34. The van der Waals surface area contributed by atoms with Crippen molar-refractivity contribution < 1.29 is 4.42 Å². The fourth-order valence-electron chi connectivity index (χ4n) is 1.47. The molecule has 0 saturated heterocycles. The molecule has 2 rings (SSSR count). The number of anilines is 1. The van der Waals surface area contributed by atoms with Crippen LogP contribution in [0.5, 0.6) is 0 Å². The summed E-state index contributed by atoms with van der Waals surface area (Å²) in [5.74, 6) is 2.30. The van der Waals surface area contributed by atoms with E-state index in [4.69, 9.17) is 21.8 Å². The third-order valence-electron chi connectivity index (χ3n) is 2.63. The van der Waals surface area contributed by atoms with Crippen molar-refractivity contribution in [2.75, 3.05) is 5.73 Å². The molecule has 0 aliphatic carbocycles. The van der Waals surface area contributed by atoms with Gasteiger partial charge in [-0.15, -0.1) is 11.8 Å². The lowest BCUT2D eigenvalue weighted by Crippen LogP contribution is -2.09. The smallest absolute Gasteiger partial charge is 0.204 e. The molecule has 1 heterocycles. The third kappa shape index (κ3) is 3.67. The number of thioether (sulfide) groups is 1. The zero-order valence-electron chi connectivity index (χ0n) is 11.2. The maximum absolute atomic E-state index is 5.98. The van der Waals surface area contributed by atoms with Crippen LogP contribution in [0.1, 0.15) is 32.4 Å². The zero-order chi connectivity index (χ0) is 14.0. The van der Waals surface area contributed by atoms with E-state index in [2.05, 4.69) is 25.8 Å². The van der Waals surface area contributed by atoms with Crippen LogP contribution in [-0.4, -0.2) is 4.98 Å². The van der Waals surface area contributed by atoms with Gasteiger partial charge in [0.15, 0.2) is 0 Å². The molecule has 2 aromatic rings. The Labute approximate surface area is 122 Å². The molecule has 0 fully saturated rings. The second-order valence-corrected chi connectivity index (χ2v) is 6.80. The largest absolute Gasteiger partial charge is 0.444 e. The number of halogens is 1. The van der Waals surface area contributed by atoms with Crippen LogP contribution in [-0.2, 0) is 11.2 Å². The molecule has 0 bridgehead atoms. The van der Waals surface area contributed by atoms with Gasteiger partial charge in [-0.05, 0) is 18.2 Å². The number of hydrogen-bond donors (Lipinski definition) is 1. The molecule has 1 aromatic heterocycles. The number of aromatic nitrogens is 1. The predicted octanol–water partition coefficient (Wildman–Crippen LogP) is 4.50. The zero-order valence-corrected chi connectivity index (χ0v) is 12.8. The van der Waals surface area contributed by atoms with Crippen molar-refractivity contribution in [3.63, 3.8) is 0 Å². The summed E-state index contributed by atoms with van der Waals surface area (Å²) < 4.78 is 5.73. The van der Waals surface area contributed by atoms with E-state index in [0.29, 0.717) is 16.5 Å². The van der Waals surface area contributed by atoms with E-state index in [0.717, 1.165) is 16.5 Å². The molecule has 0 atom stereocenters. The first kappa shape index (κ1) is 14.3. The molecular formula is C14H17ClN2OS. The molecule has 0 spiro atoms. The maximum Gasteiger partial charge on any atom is 0.204 e. The second kappa shape index (κ2) is 5.47. The molecule has 19 heavy (non-hydrogen) atoms. The molecular weight excluding hydrogens is 280 g/mol. The predicted molar refractivity (Wildman–Crippen MR) is 80.6 cm³/mol. The van der Waals surface area contributed by atoms with Crippen LogP contribution in [0.4, 0.5) is 5.69 Å². The molecule has 0 amide bonds. The normalized spacial score (nSPS) is 11.8. The average Bonchev–Trinajstić information content (AvgIpc) is 2.79. The molecule has 0 radical (unpaired) electrons. The highest BCUT2D eigenvalue weighted by Gasteiger charge is 2.19. The molecule has 0 aliphatic rings. The highest BCUT2D eigenvalue weighted by Crippen LogP contribution is 2.29. The van der Waals surface area contributed by atoms with Crippen LogP contribution < -0.4 is 5.73 Å². The number of nitrogens with two attached hydrogens (primary N) is 1. The minimum absolute atomic E-state index is 0.0135. The van der Waals surface area contributed by atoms with Gasteiger partial charge < -0.3 is 10.2 Å². The van der Waals surface area contributed by atoms with Crippen LogP contribution in [0, 0.1) is 0 Å². The van der Waals surface area contributed by atoms with E-state index >= 15 is 0 Å². The molecule has 0 aliphatic heterocycles. The van der Waals surface area contributed by atoms with Gasteiger partial charge in [-0.1, -0.05) is 32.4 Å². The van der Waals surface area contributed by atoms with E-state index in [9.17, 15) is 0 Å². The number of benzene rings is 1. The summed E-state index contributed by atoms with van der Waals surface area (Å²) in [7, 11) is 0. The monoisotopic (exact) mass is 296 g/mol. The lowest BCUT2D eigenvalue weighted by molar-refractivity contribution is 0.391. The van der Waals surface area contributed by atoms with Gasteiger partial charge in [-0.3, -0.25) is 0 Å². The summed E-state index contributed by atoms with van der Waals surface area (Å²) in [5, 5.41) is 0.577. The van der Waals surface area contributed by atoms with Crippen LogP contribution in [0.15, 0.2) is 33.7 Å². The first-order valence-corrected chi connectivity index (χ1v) is 7.35. The van der Waals surface area contributed by atoms with E-state index < -0.39 is 0 Å². The Bertz CT molecular complexity index is 575. The standard InChI is InChI=1S/C14H17ClN2OS/c1-14(2,3)12-7-17-13(18-12)8-19-9-4-5-11(16)10(15)6-9/h4-7H,8,16H2,1-3H3.